The molecular formula is C20H30N2O4. The lowest BCUT2D eigenvalue weighted by Gasteiger charge is -2.21. The summed E-state index contributed by atoms with van der Waals surface area (Å²) in [7, 11) is 3.08. The van der Waals surface area contributed by atoms with E-state index in [0.29, 0.717) is 42.5 Å². The molecule has 1 aliphatic rings. The van der Waals surface area contributed by atoms with E-state index in [1.165, 1.54) is 32.1 Å². The molecule has 1 aliphatic carbocycles. The highest BCUT2D eigenvalue weighted by molar-refractivity contribution is 5.95. The molecule has 2 amide bonds. The molecule has 0 unspecified atom stereocenters. The SMILES string of the molecule is COc1cc(OC)cc(C(=O)NCCNC(=O)CCC2CCCCC2)c1. The maximum absolute atomic E-state index is 12.2. The number of carbonyl (C=O) groups excluding carboxylic acids is 2. The third-order valence-corrected chi connectivity index (χ3v) is 4.85. The Kier molecular flexibility index (Phi) is 8.25. The maximum atomic E-state index is 12.2. The highest BCUT2D eigenvalue weighted by atomic mass is 16.5. The minimum absolute atomic E-state index is 0.0628. The van der Waals surface area contributed by atoms with Crippen LogP contribution in [0.4, 0.5) is 0 Å². The number of hydrogen-bond acceptors (Lipinski definition) is 4. The van der Waals surface area contributed by atoms with Crippen molar-refractivity contribution < 1.29 is 19.1 Å². The Morgan fingerprint density at radius 3 is 2.19 bits per heavy atom. The van der Waals surface area contributed by atoms with Gasteiger partial charge < -0.3 is 20.1 Å². The number of amides is 2. The molecule has 1 aromatic carbocycles. The monoisotopic (exact) mass is 362 g/mol. The van der Waals surface area contributed by atoms with Gasteiger partial charge in [0.25, 0.3) is 5.91 Å². The standard InChI is InChI=1S/C20H30N2O4/c1-25-17-12-16(13-18(14-17)26-2)20(24)22-11-10-21-19(23)9-8-15-6-4-3-5-7-15/h12-15H,3-11H2,1-2H3,(H,21,23)(H,22,24). The molecule has 2 N–H and O–H groups in total. The molecule has 1 aromatic rings. The Morgan fingerprint density at radius 1 is 0.962 bits per heavy atom. The molecule has 2 rings (SSSR count). The smallest absolute Gasteiger partial charge is 0.251 e. The average Bonchev–Trinajstić information content (AvgIpc) is 2.69. The van der Waals surface area contributed by atoms with Crippen molar-refractivity contribution in [3.63, 3.8) is 0 Å². The molecule has 0 heterocycles. The van der Waals surface area contributed by atoms with Crippen molar-refractivity contribution in [2.75, 3.05) is 27.3 Å². The summed E-state index contributed by atoms with van der Waals surface area (Å²) in [6.45, 7) is 0.809. The van der Waals surface area contributed by atoms with Crippen molar-refractivity contribution >= 4 is 11.8 Å². The molecule has 1 fully saturated rings. The quantitative estimate of drug-likeness (QED) is 0.662. The number of rotatable bonds is 9. The van der Waals surface area contributed by atoms with E-state index in [0.717, 1.165) is 6.42 Å². The van der Waals surface area contributed by atoms with Crippen LogP contribution in [0.3, 0.4) is 0 Å². The van der Waals surface area contributed by atoms with Crippen molar-refractivity contribution in [1.29, 1.82) is 0 Å². The first-order valence-corrected chi connectivity index (χ1v) is 9.40. The van der Waals surface area contributed by atoms with Gasteiger partial charge in [-0.1, -0.05) is 32.1 Å². The summed E-state index contributed by atoms with van der Waals surface area (Å²) in [6, 6.07) is 5.02. The molecule has 0 aromatic heterocycles. The summed E-state index contributed by atoms with van der Waals surface area (Å²) in [5.74, 6) is 1.67. The van der Waals surface area contributed by atoms with E-state index < -0.39 is 0 Å². The van der Waals surface area contributed by atoms with Gasteiger partial charge in [0.15, 0.2) is 0 Å². The van der Waals surface area contributed by atoms with Crippen LogP contribution < -0.4 is 20.1 Å². The van der Waals surface area contributed by atoms with E-state index in [-0.39, 0.29) is 11.8 Å². The second-order valence-electron chi connectivity index (χ2n) is 6.75. The summed E-state index contributed by atoms with van der Waals surface area (Å²) in [5.41, 5.74) is 0.463. The minimum atomic E-state index is -0.223. The van der Waals surface area contributed by atoms with Gasteiger partial charge in [-0.3, -0.25) is 9.59 Å². The second kappa shape index (κ2) is 10.7. The zero-order valence-electron chi connectivity index (χ0n) is 15.8. The van der Waals surface area contributed by atoms with Gasteiger partial charge in [-0.15, -0.1) is 0 Å². The molecule has 0 radical (unpaired) electrons. The summed E-state index contributed by atoms with van der Waals surface area (Å²) in [5, 5.41) is 5.67. The summed E-state index contributed by atoms with van der Waals surface area (Å²) >= 11 is 0. The van der Waals surface area contributed by atoms with E-state index in [1.807, 2.05) is 0 Å². The highest BCUT2D eigenvalue weighted by Crippen LogP contribution is 2.27. The van der Waals surface area contributed by atoms with Crippen LogP contribution in [0.15, 0.2) is 18.2 Å². The van der Waals surface area contributed by atoms with Crippen LogP contribution in [0.1, 0.15) is 55.3 Å². The number of ether oxygens (including phenoxy) is 2. The Bertz CT molecular complexity index is 575. The third-order valence-electron chi connectivity index (χ3n) is 4.85. The molecule has 0 saturated heterocycles. The fraction of sp³-hybridized carbons (Fsp3) is 0.600. The number of benzene rings is 1. The first kappa shape index (κ1) is 20.1. The summed E-state index contributed by atoms with van der Waals surface area (Å²) in [4.78, 5) is 24.1. The summed E-state index contributed by atoms with van der Waals surface area (Å²) in [6.07, 6.45) is 8.00. The van der Waals surface area contributed by atoms with Gasteiger partial charge in [-0.05, 0) is 24.5 Å². The first-order valence-electron chi connectivity index (χ1n) is 9.40. The third kappa shape index (κ3) is 6.58. The van der Waals surface area contributed by atoms with Crippen LogP contribution in [-0.2, 0) is 4.79 Å². The van der Waals surface area contributed by atoms with Crippen molar-refractivity contribution in [2.24, 2.45) is 5.92 Å². The van der Waals surface area contributed by atoms with Crippen molar-refractivity contribution in [3.8, 4) is 11.5 Å². The normalized spacial score (nSPS) is 14.5. The zero-order valence-corrected chi connectivity index (χ0v) is 15.8. The lowest BCUT2D eigenvalue weighted by Crippen LogP contribution is -2.34. The summed E-state index contributed by atoms with van der Waals surface area (Å²) < 4.78 is 10.3. The van der Waals surface area contributed by atoms with E-state index >= 15 is 0 Å². The van der Waals surface area contributed by atoms with E-state index in [9.17, 15) is 9.59 Å². The predicted octanol–water partition coefficient (Wildman–Crippen LogP) is 2.91. The molecule has 0 bridgehead atoms. The molecular weight excluding hydrogens is 332 g/mol. The Hall–Kier alpha value is -2.24. The molecule has 1 saturated carbocycles. The lowest BCUT2D eigenvalue weighted by atomic mass is 9.86. The topological polar surface area (TPSA) is 76.7 Å². The van der Waals surface area contributed by atoms with E-state index in [4.69, 9.17) is 9.47 Å². The predicted molar refractivity (Wildman–Crippen MR) is 101 cm³/mol. The van der Waals surface area contributed by atoms with E-state index in [2.05, 4.69) is 10.6 Å². The number of methoxy groups -OCH3 is 2. The Morgan fingerprint density at radius 2 is 1.58 bits per heavy atom. The van der Waals surface area contributed by atoms with Gasteiger partial charge in [-0.25, -0.2) is 0 Å². The number of hydrogen-bond donors (Lipinski definition) is 2. The number of nitrogens with one attached hydrogen (secondary N) is 2. The highest BCUT2D eigenvalue weighted by Gasteiger charge is 2.14. The maximum Gasteiger partial charge on any atom is 0.251 e. The molecule has 26 heavy (non-hydrogen) atoms. The largest absolute Gasteiger partial charge is 0.497 e. The van der Waals surface area contributed by atoms with Gasteiger partial charge >= 0.3 is 0 Å². The Labute approximate surface area is 155 Å². The molecule has 6 nitrogen and oxygen atoms in total. The van der Waals surface area contributed by atoms with Gasteiger partial charge in [0.05, 0.1) is 14.2 Å². The molecule has 0 aliphatic heterocycles. The first-order chi connectivity index (χ1) is 12.6. The average molecular weight is 362 g/mol. The van der Waals surface area contributed by atoms with Gasteiger partial charge in [0, 0.05) is 31.1 Å². The van der Waals surface area contributed by atoms with Crippen LogP contribution in [0.2, 0.25) is 0 Å². The van der Waals surface area contributed by atoms with Crippen LogP contribution in [0.25, 0.3) is 0 Å². The molecule has 144 valence electrons. The van der Waals surface area contributed by atoms with Gasteiger partial charge in [-0.2, -0.15) is 0 Å². The fourth-order valence-electron chi connectivity index (χ4n) is 3.32. The van der Waals surface area contributed by atoms with Crippen molar-refractivity contribution in [2.45, 2.75) is 44.9 Å². The van der Waals surface area contributed by atoms with Crippen LogP contribution in [0.5, 0.6) is 11.5 Å². The zero-order chi connectivity index (χ0) is 18.8. The van der Waals surface area contributed by atoms with Gasteiger partial charge in [0.2, 0.25) is 5.91 Å². The van der Waals surface area contributed by atoms with Crippen LogP contribution in [-0.4, -0.2) is 39.1 Å². The van der Waals surface area contributed by atoms with Crippen molar-refractivity contribution in [1.82, 2.24) is 10.6 Å². The molecule has 0 spiro atoms. The minimum Gasteiger partial charge on any atom is -0.497 e. The van der Waals surface area contributed by atoms with Gasteiger partial charge in [0.1, 0.15) is 11.5 Å². The molecule has 6 heteroatoms. The van der Waals surface area contributed by atoms with Crippen LogP contribution >= 0.6 is 0 Å². The molecule has 0 atom stereocenters. The lowest BCUT2D eigenvalue weighted by molar-refractivity contribution is -0.121. The second-order valence-corrected chi connectivity index (χ2v) is 6.75. The van der Waals surface area contributed by atoms with Crippen LogP contribution in [0, 0.1) is 5.92 Å². The Balaban J connectivity index is 1.67. The fourth-order valence-corrected chi connectivity index (χ4v) is 3.32. The van der Waals surface area contributed by atoms with Crippen molar-refractivity contribution in [3.05, 3.63) is 23.8 Å². The number of carbonyl (C=O) groups is 2. The van der Waals surface area contributed by atoms with E-state index in [1.54, 1.807) is 32.4 Å².